The van der Waals surface area contributed by atoms with Crippen LogP contribution in [0.4, 0.5) is 0 Å². The summed E-state index contributed by atoms with van der Waals surface area (Å²) in [6.07, 6.45) is 2.20. The largest absolute Gasteiger partial charge is 0.411 e. The SMILES string of the molecule is C=C/C(C(C)=O)=C(\C=N\O)C(C)=O. The molecule has 0 aromatic rings. The van der Waals surface area contributed by atoms with Crippen LogP contribution in [0, 0.1) is 0 Å². The summed E-state index contributed by atoms with van der Waals surface area (Å²) in [5, 5.41) is 11.0. The average molecular weight is 181 g/mol. The van der Waals surface area contributed by atoms with Gasteiger partial charge in [-0.05, 0) is 13.8 Å². The molecule has 0 unspecified atom stereocenters. The third kappa shape index (κ3) is 3.02. The van der Waals surface area contributed by atoms with Crippen LogP contribution in [0.1, 0.15) is 13.8 Å². The molecule has 4 nitrogen and oxygen atoms in total. The fraction of sp³-hybridized carbons (Fsp3) is 0.222. The number of nitrogens with zero attached hydrogens (tertiary/aromatic N) is 1. The number of hydrogen-bond donors (Lipinski definition) is 1. The van der Waals surface area contributed by atoms with Crippen LogP contribution in [0.5, 0.6) is 0 Å². The maximum absolute atomic E-state index is 11.0. The summed E-state index contributed by atoms with van der Waals surface area (Å²) in [4.78, 5) is 21.9. The molecular weight excluding hydrogens is 170 g/mol. The van der Waals surface area contributed by atoms with E-state index in [9.17, 15) is 9.59 Å². The number of ketones is 2. The van der Waals surface area contributed by atoms with Crippen molar-refractivity contribution in [3.8, 4) is 0 Å². The quantitative estimate of drug-likeness (QED) is 0.232. The van der Waals surface area contributed by atoms with Crippen molar-refractivity contribution < 1.29 is 14.8 Å². The lowest BCUT2D eigenvalue weighted by Crippen LogP contribution is -2.07. The number of carbonyl (C=O) groups excluding carboxylic acids is 2. The molecular formula is C9H11NO3. The minimum Gasteiger partial charge on any atom is -0.411 e. The van der Waals surface area contributed by atoms with E-state index in [4.69, 9.17) is 5.21 Å². The normalized spacial score (nSPS) is 12.5. The van der Waals surface area contributed by atoms with Gasteiger partial charge in [-0.25, -0.2) is 0 Å². The third-order valence-electron chi connectivity index (χ3n) is 1.44. The van der Waals surface area contributed by atoms with E-state index >= 15 is 0 Å². The Hall–Kier alpha value is -1.71. The van der Waals surface area contributed by atoms with Crippen molar-refractivity contribution in [1.82, 2.24) is 0 Å². The number of hydrogen-bond acceptors (Lipinski definition) is 4. The first kappa shape index (κ1) is 11.3. The molecule has 0 aliphatic carbocycles. The van der Waals surface area contributed by atoms with Crippen LogP contribution in [0.25, 0.3) is 0 Å². The molecule has 0 saturated heterocycles. The summed E-state index contributed by atoms with van der Waals surface area (Å²) >= 11 is 0. The smallest absolute Gasteiger partial charge is 0.162 e. The van der Waals surface area contributed by atoms with Crippen molar-refractivity contribution in [3.63, 3.8) is 0 Å². The molecule has 70 valence electrons. The minimum atomic E-state index is -0.345. The number of carbonyl (C=O) groups is 2. The van der Waals surface area contributed by atoms with E-state index < -0.39 is 0 Å². The molecule has 0 aromatic carbocycles. The van der Waals surface area contributed by atoms with Crippen LogP contribution in [0.2, 0.25) is 0 Å². The standard InChI is InChI=1S/C9H11NO3/c1-4-8(6(2)11)9(5-10-13)7(3)12/h4-5,13H,1H2,2-3H3/b9-8-,10-5+. The molecule has 4 heteroatoms. The van der Waals surface area contributed by atoms with Crippen LogP contribution < -0.4 is 0 Å². The fourth-order valence-electron chi connectivity index (χ4n) is 0.851. The Labute approximate surface area is 76.2 Å². The molecule has 0 bridgehead atoms. The van der Waals surface area contributed by atoms with E-state index in [1.54, 1.807) is 0 Å². The van der Waals surface area contributed by atoms with Crippen LogP contribution in [0.3, 0.4) is 0 Å². The zero-order chi connectivity index (χ0) is 10.4. The van der Waals surface area contributed by atoms with E-state index in [1.807, 2.05) is 0 Å². The molecule has 0 aliphatic heterocycles. The first-order valence-corrected chi connectivity index (χ1v) is 3.60. The Kier molecular flexibility index (Phi) is 4.37. The molecule has 1 N–H and O–H groups in total. The van der Waals surface area contributed by atoms with E-state index in [1.165, 1.54) is 19.9 Å². The summed E-state index contributed by atoms with van der Waals surface area (Å²) in [5.74, 6) is -0.636. The number of Topliss-reactive ketones (excluding diaryl/α,β-unsaturated/α-hetero) is 2. The Bertz CT molecular complexity index is 300. The maximum atomic E-state index is 11.0. The van der Waals surface area contributed by atoms with Crippen molar-refractivity contribution in [2.24, 2.45) is 5.16 Å². The van der Waals surface area contributed by atoms with Crippen molar-refractivity contribution >= 4 is 17.8 Å². The van der Waals surface area contributed by atoms with E-state index in [0.29, 0.717) is 0 Å². The molecule has 0 atom stereocenters. The van der Waals surface area contributed by atoms with Crippen molar-refractivity contribution in [1.29, 1.82) is 0 Å². The number of rotatable bonds is 4. The van der Waals surface area contributed by atoms with Crippen molar-refractivity contribution in [3.05, 3.63) is 23.8 Å². The van der Waals surface area contributed by atoms with Crippen LogP contribution in [-0.4, -0.2) is 23.0 Å². The zero-order valence-electron chi connectivity index (χ0n) is 7.57. The molecule has 0 rings (SSSR count). The van der Waals surface area contributed by atoms with Crippen molar-refractivity contribution in [2.45, 2.75) is 13.8 Å². The maximum Gasteiger partial charge on any atom is 0.162 e. The highest BCUT2D eigenvalue weighted by Crippen LogP contribution is 2.06. The van der Waals surface area contributed by atoms with Gasteiger partial charge in [0, 0.05) is 11.1 Å². The highest BCUT2D eigenvalue weighted by atomic mass is 16.4. The lowest BCUT2D eigenvalue weighted by Gasteiger charge is -2.00. The molecule has 0 fully saturated rings. The highest BCUT2D eigenvalue weighted by molar-refractivity contribution is 6.18. The van der Waals surface area contributed by atoms with Gasteiger partial charge in [-0.3, -0.25) is 9.59 Å². The minimum absolute atomic E-state index is 0.0602. The summed E-state index contributed by atoms with van der Waals surface area (Å²) in [7, 11) is 0. The predicted molar refractivity (Wildman–Crippen MR) is 48.9 cm³/mol. The van der Waals surface area contributed by atoms with Gasteiger partial charge >= 0.3 is 0 Å². The van der Waals surface area contributed by atoms with Gasteiger partial charge in [-0.15, -0.1) is 0 Å². The Morgan fingerprint density at radius 2 is 1.69 bits per heavy atom. The molecule has 0 amide bonds. The molecule has 0 saturated carbocycles. The van der Waals surface area contributed by atoms with E-state index in [0.717, 1.165) is 6.21 Å². The molecule has 0 aliphatic rings. The predicted octanol–water partition coefficient (Wildman–Crippen LogP) is 1.11. The first-order valence-electron chi connectivity index (χ1n) is 3.60. The van der Waals surface area contributed by atoms with Gasteiger partial charge in [-0.2, -0.15) is 0 Å². The monoisotopic (exact) mass is 181 g/mol. The van der Waals surface area contributed by atoms with Gasteiger partial charge in [0.25, 0.3) is 0 Å². The van der Waals surface area contributed by atoms with Gasteiger partial charge in [0.1, 0.15) is 0 Å². The van der Waals surface area contributed by atoms with Gasteiger partial charge in [0.2, 0.25) is 0 Å². The Balaban J connectivity index is 5.38. The fourth-order valence-corrected chi connectivity index (χ4v) is 0.851. The van der Waals surface area contributed by atoms with Crippen molar-refractivity contribution in [2.75, 3.05) is 0 Å². The molecule has 13 heavy (non-hydrogen) atoms. The van der Waals surface area contributed by atoms with Gasteiger partial charge in [0.05, 0.1) is 6.21 Å². The van der Waals surface area contributed by atoms with E-state index in [-0.39, 0.29) is 22.7 Å². The average Bonchev–Trinajstić information content (AvgIpc) is 2.03. The zero-order valence-corrected chi connectivity index (χ0v) is 7.57. The van der Waals surface area contributed by atoms with Gasteiger partial charge < -0.3 is 5.21 Å². The van der Waals surface area contributed by atoms with Crippen LogP contribution >= 0.6 is 0 Å². The van der Waals surface area contributed by atoms with E-state index in [2.05, 4.69) is 11.7 Å². The first-order chi connectivity index (χ1) is 6.04. The van der Waals surface area contributed by atoms with Crippen LogP contribution in [-0.2, 0) is 9.59 Å². The van der Waals surface area contributed by atoms with Gasteiger partial charge in [-0.1, -0.05) is 17.8 Å². The molecule has 0 aromatic heterocycles. The number of oxime groups is 1. The Morgan fingerprint density at radius 3 is 1.92 bits per heavy atom. The van der Waals surface area contributed by atoms with Gasteiger partial charge in [0.15, 0.2) is 11.6 Å². The topological polar surface area (TPSA) is 66.7 Å². The summed E-state index contributed by atoms with van der Waals surface area (Å²) in [6, 6.07) is 0. The molecule has 0 heterocycles. The Morgan fingerprint density at radius 1 is 1.23 bits per heavy atom. The lowest BCUT2D eigenvalue weighted by molar-refractivity contribution is -0.115. The second-order valence-electron chi connectivity index (χ2n) is 2.39. The number of allylic oxidation sites excluding steroid dienone is 3. The van der Waals surface area contributed by atoms with Crippen LogP contribution in [0.15, 0.2) is 29.0 Å². The second-order valence-corrected chi connectivity index (χ2v) is 2.39. The summed E-state index contributed by atoms with van der Waals surface area (Å²) in [5.41, 5.74) is 0.218. The highest BCUT2D eigenvalue weighted by Gasteiger charge is 2.10. The second kappa shape index (κ2) is 5.03. The lowest BCUT2D eigenvalue weighted by atomic mass is 10.0. The third-order valence-corrected chi connectivity index (χ3v) is 1.44. The summed E-state index contributed by atoms with van der Waals surface area (Å²) in [6.45, 7) is 5.99. The molecule has 0 radical (unpaired) electrons. The molecule has 0 spiro atoms. The summed E-state index contributed by atoms with van der Waals surface area (Å²) < 4.78 is 0.